The van der Waals surface area contributed by atoms with Crippen LogP contribution in [0.2, 0.25) is 5.02 Å². The van der Waals surface area contributed by atoms with E-state index < -0.39 is 5.97 Å². The van der Waals surface area contributed by atoms with Crippen molar-refractivity contribution >= 4 is 29.5 Å². The first kappa shape index (κ1) is 19.0. The van der Waals surface area contributed by atoms with Gasteiger partial charge in [0.05, 0.1) is 0 Å². The molecule has 1 aliphatic rings. The van der Waals surface area contributed by atoms with Crippen LogP contribution in [-0.4, -0.2) is 11.9 Å². The van der Waals surface area contributed by atoms with E-state index in [1.54, 1.807) is 12.1 Å². The van der Waals surface area contributed by atoms with Gasteiger partial charge in [-0.2, -0.15) is 0 Å². The summed E-state index contributed by atoms with van der Waals surface area (Å²) in [7, 11) is 0. The Labute approximate surface area is 174 Å². The van der Waals surface area contributed by atoms with E-state index in [1.165, 1.54) is 0 Å². The second kappa shape index (κ2) is 8.33. The van der Waals surface area contributed by atoms with Crippen LogP contribution in [0.1, 0.15) is 22.3 Å². The third kappa shape index (κ3) is 4.39. The van der Waals surface area contributed by atoms with Crippen molar-refractivity contribution < 1.29 is 14.3 Å². The minimum absolute atomic E-state index is 0.215. The maximum atomic E-state index is 12.3. The summed E-state index contributed by atoms with van der Waals surface area (Å²) >= 11 is 6.17. The zero-order valence-electron chi connectivity index (χ0n) is 15.8. The minimum Gasteiger partial charge on any atom is -0.488 e. The number of halogens is 1. The number of aliphatic imine (C=N–C) groups is 1. The van der Waals surface area contributed by atoms with Crippen molar-refractivity contribution in [1.29, 1.82) is 0 Å². The average molecular weight is 404 g/mol. The van der Waals surface area contributed by atoms with Crippen LogP contribution in [0.15, 0.2) is 83.5 Å². The summed E-state index contributed by atoms with van der Waals surface area (Å²) < 4.78 is 11.3. The van der Waals surface area contributed by atoms with Gasteiger partial charge in [0, 0.05) is 16.1 Å². The molecule has 3 aromatic rings. The van der Waals surface area contributed by atoms with Crippen LogP contribution >= 0.6 is 11.6 Å². The molecule has 1 aliphatic heterocycles. The predicted molar refractivity (Wildman–Crippen MR) is 114 cm³/mol. The Morgan fingerprint density at radius 3 is 2.59 bits per heavy atom. The molecule has 0 bridgehead atoms. The highest BCUT2D eigenvalue weighted by Gasteiger charge is 2.24. The number of hydrogen-bond donors (Lipinski definition) is 0. The smallest absolute Gasteiger partial charge is 0.363 e. The molecule has 0 amide bonds. The molecule has 3 aromatic carbocycles. The molecular formula is C24H18ClNO3. The van der Waals surface area contributed by atoms with Crippen LogP contribution in [0.3, 0.4) is 0 Å². The van der Waals surface area contributed by atoms with Gasteiger partial charge < -0.3 is 9.47 Å². The summed E-state index contributed by atoms with van der Waals surface area (Å²) in [6, 6.07) is 22.8. The van der Waals surface area contributed by atoms with E-state index in [9.17, 15) is 4.79 Å². The van der Waals surface area contributed by atoms with Gasteiger partial charge in [0.2, 0.25) is 5.90 Å². The molecule has 144 valence electrons. The summed E-state index contributed by atoms with van der Waals surface area (Å²) in [5, 5.41) is 0.596. The molecule has 0 aliphatic carbocycles. The van der Waals surface area contributed by atoms with Crippen LogP contribution in [0.25, 0.3) is 6.08 Å². The zero-order valence-corrected chi connectivity index (χ0v) is 16.5. The van der Waals surface area contributed by atoms with E-state index in [0.29, 0.717) is 22.9 Å². The van der Waals surface area contributed by atoms with E-state index in [1.807, 2.05) is 73.7 Å². The average Bonchev–Trinajstić information content (AvgIpc) is 3.10. The zero-order chi connectivity index (χ0) is 20.2. The van der Waals surface area contributed by atoms with Crippen molar-refractivity contribution in [2.24, 2.45) is 4.99 Å². The van der Waals surface area contributed by atoms with Crippen molar-refractivity contribution in [2.75, 3.05) is 0 Å². The molecule has 5 heteroatoms. The maximum Gasteiger partial charge on any atom is 0.363 e. The summed E-state index contributed by atoms with van der Waals surface area (Å²) in [5.74, 6) is 0.402. The fraction of sp³-hybridized carbons (Fsp3) is 0.0833. The van der Waals surface area contributed by atoms with Gasteiger partial charge in [0.15, 0.2) is 5.70 Å². The summed E-state index contributed by atoms with van der Waals surface area (Å²) in [5.41, 5.74) is 3.63. The Balaban J connectivity index is 1.59. The largest absolute Gasteiger partial charge is 0.488 e. The highest BCUT2D eigenvalue weighted by molar-refractivity contribution is 6.31. The van der Waals surface area contributed by atoms with Gasteiger partial charge in [-0.25, -0.2) is 9.79 Å². The summed E-state index contributed by atoms with van der Waals surface area (Å²) in [6.07, 6.45) is 1.67. The highest BCUT2D eigenvalue weighted by atomic mass is 35.5. The summed E-state index contributed by atoms with van der Waals surface area (Å²) in [6.45, 7) is 2.34. The van der Waals surface area contributed by atoms with Crippen molar-refractivity contribution in [1.82, 2.24) is 0 Å². The highest BCUT2D eigenvalue weighted by Crippen LogP contribution is 2.26. The van der Waals surface area contributed by atoms with Crippen molar-refractivity contribution in [3.05, 3.63) is 106 Å². The molecular weight excluding hydrogens is 386 g/mol. The van der Waals surface area contributed by atoms with Gasteiger partial charge in [-0.1, -0.05) is 66.2 Å². The lowest BCUT2D eigenvalue weighted by atomic mass is 10.1. The first-order valence-electron chi connectivity index (χ1n) is 9.15. The second-order valence-electron chi connectivity index (χ2n) is 6.61. The number of carbonyl (C=O) groups excluding carboxylic acids is 1. The topological polar surface area (TPSA) is 47.9 Å². The SMILES string of the molecule is Cc1ccc(C2=N/C(=C/c3ccccc3OCc3ccccc3)C(=O)O2)cc1Cl. The third-order valence-electron chi connectivity index (χ3n) is 4.49. The molecule has 0 saturated heterocycles. The number of benzene rings is 3. The quantitative estimate of drug-likeness (QED) is 0.413. The third-order valence-corrected chi connectivity index (χ3v) is 4.89. The predicted octanol–water partition coefficient (Wildman–Crippen LogP) is 5.57. The molecule has 0 aromatic heterocycles. The van der Waals surface area contributed by atoms with Gasteiger partial charge in [-0.3, -0.25) is 0 Å². The maximum absolute atomic E-state index is 12.3. The van der Waals surface area contributed by atoms with Crippen LogP contribution in [0.5, 0.6) is 5.75 Å². The Hall–Kier alpha value is -3.37. The molecule has 4 nitrogen and oxygen atoms in total. The lowest BCUT2D eigenvalue weighted by Gasteiger charge is -2.09. The van der Waals surface area contributed by atoms with Crippen LogP contribution < -0.4 is 4.74 Å². The first-order chi connectivity index (χ1) is 14.1. The Bertz CT molecular complexity index is 1120. The number of cyclic esters (lactones) is 1. The molecule has 0 N–H and O–H groups in total. The van der Waals surface area contributed by atoms with Gasteiger partial charge >= 0.3 is 5.97 Å². The van der Waals surface area contributed by atoms with Gasteiger partial charge in [0.25, 0.3) is 0 Å². The number of aryl methyl sites for hydroxylation is 1. The lowest BCUT2D eigenvalue weighted by molar-refractivity contribution is -0.129. The normalized spacial score (nSPS) is 14.6. The Kier molecular flexibility index (Phi) is 5.45. The van der Waals surface area contributed by atoms with Crippen LogP contribution in [0, 0.1) is 6.92 Å². The monoisotopic (exact) mass is 403 g/mol. The number of carbonyl (C=O) groups is 1. The van der Waals surface area contributed by atoms with Gasteiger partial charge in [0.1, 0.15) is 12.4 Å². The molecule has 1 heterocycles. The van der Waals surface area contributed by atoms with Gasteiger partial charge in [-0.15, -0.1) is 0 Å². The van der Waals surface area contributed by atoms with E-state index in [0.717, 1.165) is 16.7 Å². The van der Waals surface area contributed by atoms with Gasteiger partial charge in [-0.05, 0) is 42.3 Å². The Morgan fingerprint density at radius 1 is 1.03 bits per heavy atom. The lowest BCUT2D eigenvalue weighted by Crippen LogP contribution is -2.05. The number of rotatable bonds is 5. The summed E-state index contributed by atoms with van der Waals surface area (Å²) in [4.78, 5) is 16.7. The second-order valence-corrected chi connectivity index (χ2v) is 7.02. The van der Waals surface area contributed by atoms with Crippen LogP contribution in [0.4, 0.5) is 0 Å². The minimum atomic E-state index is -0.505. The number of para-hydroxylation sites is 1. The van der Waals surface area contributed by atoms with Crippen LogP contribution in [-0.2, 0) is 16.1 Å². The molecule has 29 heavy (non-hydrogen) atoms. The molecule has 0 fully saturated rings. The molecule has 0 atom stereocenters. The molecule has 0 unspecified atom stereocenters. The Morgan fingerprint density at radius 2 is 1.79 bits per heavy atom. The molecule has 0 radical (unpaired) electrons. The van der Waals surface area contributed by atoms with Crippen molar-refractivity contribution in [3.63, 3.8) is 0 Å². The fourth-order valence-electron chi connectivity index (χ4n) is 2.87. The molecule has 4 rings (SSSR count). The molecule has 0 saturated carbocycles. The molecule has 0 spiro atoms. The first-order valence-corrected chi connectivity index (χ1v) is 9.53. The number of esters is 1. The number of nitrogens with zero attached hydrogens (tertiary/aromatic N) is 1. The van der Waals surface area contributed by atoms with Crippen molar-refractivity contribution in [2.45, 2.75) is 13.5 Å². The van der Waals surface area contributed by atoms with E-state index in [-0.39, 0.29) is 11.6 Å². The standard InChI is InChI=1S/C24H18ClNO3/c1-16-11-12-19(13-20(16)25)23-26-21(24(27)29-23)14-18-9-5-6-10-22(18)28-15-17-7-3-2-4-8-17/h2-14H,15H2,1H3/b21-14+. The van der Waals surface area contributed by atoms with E-state index in [4.69, 9.17) is 21.1 Å². The fourth-order valence-corrected chi connectivity index (χ4v) is 3.05. The van der Waals surface area contributed by atoms with E-state index >= 15 is 0 Å². The van der Waals surface area contributed by atoms with Crippen molar-refractivity contribution in [3.8, 4) is 5.75 Å². The number of ether oxygens (including phenoxy) is 2. The van der Waals surface area contributed by atoms with E-state index in [2.05, 4.69) is 4.99 Å². The number of hydrogen-bond acceptors (Lipinski definition) is 4.